The van der Waals surface area contributed by atoms with Crippen molar-refractivity contribution in [2.45, 2.75) is 29.9 Å². The first-order valence-corrected chi connectivity index (χ1v) is 10.5. The minimum atomic E-state index is -3.56. The maximum atomic E-state index is 12.4. The average molecular weight is 404 g/mol. The third-order valence-electron chi connectivity index (χ3n) is 4.32. The molecule has 1 saturated heterocycles. The van der Waals surface area contributed by atoms with E-state index in [1.807, 2.05) is 0 Å². The highest BCUT2D eigenvalue weighted by Crippen LogP contribution is 2.18. The highest BCUT2D eigenvalue weighted by molar-refractivity contribution is 7.90. The number of rotatable bonds is 8. The van der Waals surface area contributed by atoms with Gasteiger partial charge >= 0.3 is 0 Å². The smallest absolute Gasteiger partial charge is 0.286 e. The molecule has 1 aromatic heterocycles. The van der Waals surface area contributed by atoms with E-state index >= 15 is 0 Å². The lowest BCUT2D eigenvalue weighted by atomic mass is 10.3. The average Bonchev–Trinajstić information content (AvgIpc) is 3.26. The molecule has 28 heavy (non-hydrogen) atoms. The molecular formula is C19H20N2O6S. The maximum absolute atomic E-state index is 12.4. The van der Waals surface area contributed by atoms with Crippen LogP contribution in [0.3, 0.4) is 0 Å². The maximum Gasteiger partial charge on any atom is 0.286 e. The van der Waals surface area contributed by atoms with Crippen LogP contribution in [-0.4, -0.2) is 44.1 Å². The summed E-state index contributed by atoms with van der Waals surface area (Å²) in [5.74, 6) is -1.03. The number of likely N-dealkylation sites (tertiary alicyclic amines) is 1. The van der Waals surface area contributed by atoms with Crippen LogP contribution < -0.4 is 5.32 Å². The first-order valence-electron chi connectivity index (χ1n) is 8.85. The normalized spacial score (nSPS) is 14.5. The molecular weight excluding hydrogens is 384 g/mol. The van der Waals surface area contributed by atoms with Crippen LogP contribution in [-0.2, 0) is 25.2 Å². The van der Waals surface area contributed by atoms with Gasteiger partial charge in [-0.25, -0.2) is 8.42 Å². The number of imide groups is 1. The molecule has 0 spiro atoms. The summed E-state index contributed by atoms with van der Waals surface area (Å²) < 4.78 is 30.1. The summed E-state index contributed by atoms with van der Waals surface area (Å²) >= 11 is 0. The first kappa shape index (κ1) is 19.8. The van der Waals surface area contributed by atoms with E-state index in [1.54, 1.807) is 18.2 Å². The van der Waals surface area contributed by atoms with Gasteiger partial charge in [0.1, 0.15) is 11.5 Å². The zero-order valence-electron chi connectivity index (χ0n) is 15.1. The molecule has 8 nitrogen and oxygen atoms in total. The molecule has 9 heteroatoms. The lowest BCUT2D eigenvalue weighted by Crippen LogP contribution is -2.33. The van der Waals surface area contributed by atoms with Crippen molar-refractivity contribution in [2.24, 2.45) is 0 Å². The number of carbonyl (C=O) groups excluding carboxylic acids is 3. The molecule has 3 amide bonds. The molecule has 1 N–H and O–H groups in total. The van der Waals surface area contributed by atoms with Crippen LogP contribution in [0.4, 0.5) is 0 Å². The number of nitrogens with one attached hydrogen (secondary N) is 1. The van der Waals surface area contributed by atoms with Gasteiger partial charge in [0, 0.05) is 25.9 Å². The Morgan fingerprint density at radius 3 is 2.39 bits per heavy atom. The van der Waals surface area contributed by atoms with E-state index in [1.165, 1.54) is 29.2 Å². The van der Waals surface area contributed by atoms with Crippen LogP contribution in [0.5, 0.6) is 0 Å². The van der Waals surface area contributed by atoms with Crippen LogP contribution >= 0.6 is 0 Å². The molecule has 1 aromatic carbocycles. The standard InChI is InChI=1S/C19H20N2O6S/c22-17-9-10-18(23)21(17)12-4-11-20-19(24)16-8-7-14(27-16)13-28(25,26)15-5-2-1-3-6-15/h1-3,5-8H,4,9-13H2,(H,20,24). The van der Waals surface area contributed by atoms with Gasteiger partial charge in [-0.2, -0.15) is 0 Å². The predicted molar refractivity (Wildman–Crippen MR) is 98.9 cm³/mol. The summed E-state index contributed by atoms with van der Waals surface area (Å²) in [4.78, 5) is 36.5. The number of sulfone groups is 1. The van der Waals surface area contributed by atoms with Gasteiger partial charge in [-0.15, -0.1) is 0 Å². The molecule has 0 aliphatic carbocycles. The second kappa shape index (κ2) is 8.39. The molecule has 2 heterocycles. The molecule has 1 aliphatic heterocycles. The zero-order valence-corrected chi connectivity index (χ0v) is 15.9. The third-order valence-corrected chi connectivity index (χ3v) is 5.97. The van der Waals surface area contributed by atoms with E-state index in [4.69, 9.17) is 4.42 Å². The summed E-state index contributed by atoms with van der Waals surface area (Å²) in [6.07, 6.45) is 0.914. The van der Waals surface area contributed by atoms with Gasteiger partial charge < -0.3 is 9.73 Å². The topological polar surface area (TPSA) is 114 Å². The molecule has 2 aromatic rings. The van der Waals surface area contributed by atoms with E-state index < -0.39 is 15.7 Å². The molecule has 0 bridgehead atoms. The van der Waals surface area contributed by atoms with Crippen molar-refractivity contribution in [1.29, 1.82) is 0 Å². The summed E-state index contributed by atoms with van der Waals surface area (Å²) in [6.45, 7) is 0.519. The number of furan rings is 1. The van der Waals surface area contributed by atoms with Crippen molar-refractivity contribution >= 4 is 27.6 Å². The lowest BCUT2D eigenvalue weighted by molar-refractivity contribution is -0.138. The molecule has 1 aliphatic rings. The van der Waals surface area contributed by atoms with Crippen molar-refractivity contribution in [3.8, 4) is 0 Å². The van der Waals surface area contributed by atoms with Gasteiger partial charge in [-0.05, 0) is 30.7 Å². The predicted octanol–water partition coefficient (Wildman–Crippen LogP) is 1.52. The fourth-order valence-electron chi connectivity index (χ4n) is 2.87. The summed E-state index contributed by atoms with van der Waals surface area (Å²) in [7, 11) is -3.56. The van der Waals surface area contributed by atoms with Gasteiger partial charge in [0.15, 0.2) is 15.6 Å². The summed E-state index contributed by atoms with van der Waals surface area (Å²) in [5.41, 5.74) is 0. The highest BCUT2D eigenvalue weighted by atomic mass is 32.2. The Labute approximate surface area is 162 Å². The van der Waals surface area contributed by atoms with Crippen molar-refractivity contribution < 1.29 is 27.2 Å². The first-order chi connectivity index (χ1) is 13.4. The Kier molecular flexibility index (Phi) is 5.93. The minimum Gasteiger partial charge on any atom is -0.455 e. The third kappa shape index (κ3) is 4.66. The van der Waals surface area contributed by atoms with Gasteiger partial charge in [0.05, 0.1) is 4.90 Å². The fourth-order valence-corrected chi connectivity index (χ4v) is 4.14. The van der Waals surface area contributed by atoms with E-state index in [2.05, 4.69) is 5.32 Å². The Morgan fingerprint density at radius 1 is 1.04 bits per heavy atom. The monoisotopic (exact) mass is 404 g/mol. The fraction of sp³-hybridized carbons (Fsp3) is 0.316. The Balaban J connectivity index is 1.50. The van der Waals surface area contributed by atoms with E-state index in [0.717, 1.165) is 0 Å². The Hall–Kier alpha value is -2.94. The molecule has 0 saturated carbocycles. The molecule has 0 unspecified atom stereocenters. The van der Waals surface area contributed by atoms with Crippen molar-refractivity contribution in [1.82, 2.24) is 10.2 Å². The van der Waals surface area contributed by atoms with E-state index in [0.29, 0.717) is 6.42 Å². The molecule has 0 atom stereocenters. The Bertz CT molecular complexity index is 965. The number of hydrogen-bond donors (Lipinski definition) is 1. The van der Waals surface area contributed by atoms with Gasteiger partial charge in [-0.1, -0.05) is 18.2 Å². The summed E-state index contributed by atoms with van der Waals surface area (Å²) in [6, 6.07) is 10.9. The van der Waals surface area contributed by atoms with Crippen LogP contribution in [0, 0.1) is 0 Å². The number of hydrogen-bond acceptors (Lipinski definition) is 6. The largest absolute Gasteiger partial charge is 0.455 e. The molecule has 148 valence electrons. The number of carbonyl (C=O) groups is 3. The Morgan fingerprint density at radius 2 is 1.71 bits per heavy atom. The van der Waals surface area contributed by atoms with E-state index in [9.17, 15) is 22.8 Å². The lowest BCUT2D eigenvalue weighted by Gasteiger charge is -2.13. The highest BCUT2D eigenvalue weighted by Gasteiger charge is 2.28. The number of amides is 3. The summed E-state index contributed by atoms with van der Waals surface area (Å²) in [5, 5.41) is 2.63. The van der Waals surface area contributed by atoms with E-state index in [-0.39, 0.29) is 59.9 Å². The number of nitrogens with zero attached hydrogens (tertiary/aromatic N) is 1. The molecule has 0 radical (unpaired) electrons. The van der Waals surface area contributed by atoms with Crippen molar-refractivity contribution in [3.05, 3.63) is 54.0 Å². The van der Waals surface area contributed by atoms with Crippen LogP contribution in [0.15, 0.2) is 51.8 Å². The van der Waals surface area contributed by atoms with Gasteiger partial charge in [0.2, 0.25) is 11.8 Å². The van der Waals surface area contributed by atoms with Crippen LogP contribution in [0.1, 0.15) is 35.6 Å². The number of benzene rings is 1. The van der Waals surface area contributed by atoms with Crippen LogP contribution in [0.2, 0.25) is 0 Å². The minimum absolute atomic E-state index is 0.00610. The van der Waals surface area contributed by atoms with Gasteiger partial charge in [-0.3, -0.25) is 19.3 Å². The molecule has 1 fully saturated rings. The SMILES string of the molecule is O=C(NCCCN1C(=O)CCC1=O)c1ccc(CS(=O)(=O)c2ccccc2)o1. The molecule has 3 rings (SSSR count). The van der Waals surface area contributed by atoms with Crippen LogP contribution in [0.25, 0.3) is 0 Å². The second-order valence-electron chi connectivity index (χ2n) is 6.39. The van der Waals surface area contributed by atoms with Crippen molar-refractivity contribution in [3.63, 3.8) is 0 Å². The quantitative estimate of drug-likeness (QED) is 0.527. The van der Waals surface area contributed by atoms with Crippen molar-refractivity contribution in [2.75, 3.05) is 13.1 Å². The second-order valence-corrected chi connectivity index (χ2v) is 8.38. The van der Waals surface area contributed by atoms with Gasteiger partial charge in [0.25, 0.3) is 5.91 Å². The zero-order chi connectivity index (χ0) is 20.1.